The lowest BCUT2D eigenvalue weighted by Gasteiger charge is -2.29. The normalized spacial score (nSPS) is 25.1. The molecule has 0 unspecified atom stereocenters. The van der Waals surface area contributed by atoms with Gasteiger partial charge in [0.05, 0.1) is 6.61 Å². The minimum Gasteiger partial charge on any atom is -0.480 e. The second kappa shape index (κ2) is 6.95. The second-order valence-corrected chi connectivity index (χ2v) is 4.70. The Balaban J connectivity index is 2.73. The van der Waals surface area contributed by atoms with Crippen molar-refractivity contribution in [2.24, 2.45) is 0 Å². The van der Waals surface area contributed by atoms with Gasteiger partial charge in [0.25, 0.3) is 5.91 Å². The van der Waals surface area contributed by atoms with E-state index in [1.54, 1.807) is 0 Å². The number of hydrogen-bond acceptors (Lipinski definition) is 7. The van der Waals surface area contributed by atoms with E-state index in [0.29, 0.717) is 6.42 Å². The fourth-order valence-electron chi connectivity index (χ4n) is 2.13. The van der Waals surface area contributed by atoms with Crippen LogP contribution in [0.25, 0.3) is 0 Å². The second-order valence-electron chi connectivity index (χ2n) is 4.70. The summed E-state index contributed by atoms with van der Waals surface area (Å²) in [5.41, 5.74) is 0. The maximum Gasteiger partial charge on any atom is 0.326 e. The van der Waals surface area contributed by atoms with Gasteiger partial charge in [0.2, 0.25) is 0 Å². The summed E-state index contributed by atoms with van der Waals surface area (Å²) in [5, 5.41) is 55.4. The number of hydrogen-bond donors (Lipinski definition) is 6. The molecule has 0 bridgehead atoms. The van der Waals surface area contributed by atoms with Crippen LogP contribution in [0.3, 0.4) is 0 Å². The van der Waals surface area contributed by atoms with Crippen molar-refractivity contribution in [3.63, 3.8) is 0 Å². The maximum absolute atomic E-state index is 11.9. The van der Waals surface area contributed by atoms with E-state index < -0.39 is 48.9 Å². The van der Waals surface area contributed by atoms with Crippen LogP contribution >= 0.6 is 0 Å². The van der Waals surface area contributed by atoms with Gasteiger partial charge in [-0.1, -0.05) is 0 Å². The summed E-state index contributed by atoms with van der Waals surface area (Å²) in [6.07, 6.45) is -7.06. The highest BCUT2D eigenvalue weighted by Crippen LogP contribution is 2.20. The molecule has 9 heteroatoms. The summed E-state index contributed by atoms with van der Waals surface area (Å²) in [6.45, 7) is -0.737. The molecule has 0 aliphatic carbocycles. The number of carboxylic acids is 1. The molecule has 20 heavy (non-hydrogen) atoms. The van der Waals surface area contributed by atoms with Crippen LogP contribution in [-0.4, -0.2) is 91.0 Å². The molecule has 0 aromatic carbocycles. The van der Waals surface area contributed by atoms with Crippen LogP contribution in [0, 0.1) is 0 Å². The molecule has 1 amide bonds. The molecule has 5 atom stereocenters. The van der Waals surface area contributed by atoms with Crippen molar-refractivity contribution in [3.8, 4) is 0 Å². The molecule has 1 aliphatic heterocycles. The first-order chi connectivity index (χ1) is 9.31. The number of likely N-dealkylation sites (tertiary alicyclic amines) is 1. The zero-order valence-electron chi connectivity index (χ0n) is 10.7. The van der Waals surface area contributed by atoms with Crippen LogP contribution in [0.4, 0.5) is 0 Å². The Kier molecular flexibility index (Phi) is 5.84. The topological polar surface area (TPSA) is 159 Å². The van der Waals surface area contributed by atoms with Crippen molar-refractivity contribution in [2.75, 3.05) is 13.2 Å². The third-order valence-electron chi connectivity index (χ3n) is 3.33. The van der Waals surface area contributed by atoms with Crippen LogP contribution in [0.5, 0.6) is 0 Å². The first kappa shape index (κ1) is 16.8. The Morgan fingerprint density at radius 1 is 1.15 bits per heavy atom. The molecule has 0 aromatic heterocycles. The molecule has 0 spiro atoms. The Labute approximate surface area is 114 Å². The van der Waals surface area contributed by atoms with Crippen molar-refractivity contribution in [3.05, 3.63) is 0 Å². The Bertz CT molecular complexity index is 362. The van der Waals surface area contributed by atoms with Gasteiger partial charge in [0.1, 0.15) is 24.4 Å². The number of carbonyl (C=O) groups is 2. The summed E-state index contributed by atoms with van der Waals surface area (Å²) in [6, 6.07) is -1.08. The molecule has 6 N–H and O–H groups in total. The van der Waals surface area contributed by atoms with E-state index in [-0.39, 0.29) is 13.0 Å². The average molecular weight is 293 g/mol. The van der Waals surface area contributed by atoms with Crippen LogP contribution in [0.2, 0.25) is 0 Å². The van der Waals surface area contributed by atoms with Crippen molar-refractivity contribution < 1.29 is 40.2 Å². The van der Waals surface area contributed by atoms with Gasteiger partial charge in [-0.3, -0.25) is 4.79 Å². The number of carbonyl (C=O) groups excluding carboxylic acids is 1. The molecule has 1 heterocycles. The summed E-state index contributed by atoms with van der Waals surface area (Å²) in [7, 11) is 0. The van der Waals surface area contributed by atoms with Crippen molar-refractivity contribution in [1.29, 1.82) is 0 Å². The molecule has 116 valence electrons. The number of aliphatic hydroxyl groups excluding tert-OH is 5. The molecular formula is C11H19NO8. The quantitative estimate of drug-likeness (QED) is 0.294. The van der Waals surface area contributed by atoms with E-state index in [1.807, 2.05) is 0 Å². The molecule has 1 saturated heterocycles. The largest absolute Gasteiger partial charge is 0.480 e. The third kappa shape index (κ3) is 3.44. The highest BCUT2D eigenvalue weighted by molar-refractivity contribution is 5.87. The van der Waals surface area contributed by atoms with Crippen LogP contribution in [0.1, 0.15) is 12.8 Å². The van der Waals surface area contributed by atoms with Crippen LogP contribution < -0.4 is 0 Å². The predicted octanol–water partition coefficient (Wildman–Crippen LogP) is -3.50. The van der Waals surface area contributed by atoms with Gasteiger partial charge in [-0.25, -0.2) is 4.79 Å². The van der Waals surface area contributed by atoms with Crippen LogP contribution in [0.15, 0.2) is 0 Å². The molecule has 1 aliphatic rings. The van der Waals surface area contributed by atoms with Crippen LogP contribution in [-0.2, 0) is 9.59 Å². The van der Waals surface area contributed by atoms with Crippen molar-refractivity contribution in [1.82, 2.24) is 4.90 Å². The monoisotopic (exact) mass is 293 g/mol. The van der Waals surface area contributed by atoms with E-state index >= 15 is 0 Å². The lowest BCUT2D eigenvalue weighted by atomic mass is 10.0. The first-order valence-corrected chi connectivity index (χ1v) is 6.17. The molecule has 9 nitrogen and oxygen atoms in total. The minimum absolute atomic E-state index is 0.123. The van der Waals surface area contributed by atoms with Gasteiger partial charge >= 0.3 is 5.97 Å². The van der Waals surface area contributed by atoms with Gasteiger partial charge in [-0.15, -0.1) is 0 Å². The predicted molar refractivity (Wildman–Crippen MR) is 63.5 cm³/mol. The highest BCUT2D eigenvalue weighted by atomic mass is 16.4. The number of carboxylic acid groups (broad SMARTS) is 1. The summed E-state index contributed by atoms with van der Waals surface area (Å²) < 4.78 is 0. The molecule has 1 rings (SSSR count). The fraction of sp³-hybridized carbons (Fsp3) is 0.818. The Morgan fingerprint density at radius 2 is 1.75 bits per heavy atom. The average Bonchev–Trinajstić information content (AvgIpc) is 2.92. The number of rotatable bonds is 6. The SMILES string of the molecule is O=C(O)[C@H]1CCCN1C(=O)[C@H](O)[C@H](O)[C@H](O)[C@H](O)CO. The summed E-state index contributed by atoms with van der Waals surface area (Å²) in [4.78, 5) is 23.8. The lowest BCUT2D eigenvalue weighted by Crippen LogP contribution is -2.54. The van der Waals surface area contributed by atoms with Crippen molar-refractivity contribution in [2.45, 2.75) is 43.3 Å². The number of nitrogens with zero attached hydrogens (tertiary/aromatic N) is 1. The first-order valence-electron chi connectivity index (χ1n) is 6.17. The third-order valence-corrected chi connectivity index (χ3v) is 3.33. The molecule has 0 radical (unpaired) electrons. The summed E-state index contributed by atoms with van der Waals surface area (Å²) in [5.74, 6) is -2.25. The van der Waals surface area contributed by atoms with E-state index in [0.717, 1.165) is 4.90 Å². The molecule has 1 fully saturated rings. The highest BCUT2D eigenvalue weighted by Gasteiger charge is 2.41. The standard InChI is InChI=1S/C11H19NO8/c13-4-6(14)7(15)8(16)9(17)10(18)12-3-1-2-5(12)11(19)20/h5-9,13-17H,1-4H2,(H,19,20)/t5-,6-,7-,8-,9-/m1/s1. The number of amides is 1. The Hall–Kier alpha value is -1.26. The number of aliphatic hydroxyl groups is 5. The molecular weight excluding hydrogens is 274 g/mol. The van der Waals surface area contributed by atoms with E-state index in [2.05, 4.69) is 0 Å². The van der Waals surface area contributed by atoms with Gasteiger partial charge in [-0.2, -0.15) is 0 Å². The maximum atomic E-state index is 11.9. The zero-order valence-corrected chi connectivity index (χ0v) is 10.7. The van der Waals surface area contributed by atoms with Gasteiger partial charge < -0.3 is 35.5 Å². The van der Waals surface area contributed by atoms with Crippen molar-refractivity contribution >= 4 is 11.9 Å². The van der Waals surface area contributed by atoms with E-state index in [4.69, 9.17) is 15.3 Å². The molecule has 0 saturated carbocycles. The smallest absolute Gasteiger partial charge is 0.326 e. The number of aliphatic carboxylic acids is 1. The fourth-order valence-corrected chi connectivity index (χ4v) is 2.13. The van der Waals surface area contributed by atoms with E-state index in [9.17, 15) is 24.9 Å². The van der Waals surface area contributed by atoms with Gasteiger partial charge in [0, 0.05) is 6.54 Å². The summed E-state index contributed by atoms with van der Waals surface area (Å²) >= 11 is 0. The van der Waals surface area contributed by atoms with Gasteiger partial charge in [-0.05, 0) is 12.8 Å². The minimum atomic E-state index is -2.08. The van der Waals surface area contributed by atoms with E-state index in [1.165, 1.54) is 0 Å². The Morgan fingerprint density at radius 3 is 2.25 bits per heavy atom. The zero-order chi connectivity index (χ0) is 15.4. The lowest BCUT2D eigenvalue weighted by molar-refractivity contribution is -0.163. The van der Waals surface area contributed by atoms with Gasteiger partial charge in [0.15, 0.2) is 6.10 Å². The molecule has 0 aromatic rings.